The van der Waals surface area contributed by atoms with Gasteiger partial charge in [0.1, 0.15) is 5.82 Å². The van der Waals surface area contributed by atoms with E-state index in [1.165, 1.54) is 40.5 Å². The zero-order chi connectivity index (χ0) is 15.4. The molecular weight excluding hydrogens is 406 g/mol. The van der Waals surface area contributed by atoms with E-state index in [0.29, 0.717) is 11.3 Å². The Bertz CT molecular complexity index is 657. The number of nitrogens with one attached hydrogen (secondary N) is 1. The third kappa shape index (κ3) is 4.50. The van der Waals surface area contributed by atoms with Gasteiger partial charge < -0.3 is 10.2 Å². The van der Waals surface area contributed by atoms with Gasteiger partial charge in [-0.2, -0.15) is 0 Å². The second-order valence-corrected chi connectivity index (χ2v) is 7.16. The maximum atomic E-state index is 12.8. The van der Waals surface area contributed by atoms with Crippen LogP contribution in [0.5, 0.6) is 0 Å². The molecule has 0 aliphatic rings. The van der Waals surface area contributed by atoms with Gasteiger partial charge in [-0.15, -0.1) is 11.3 Å². The molecule has 1 aromatic carbocycles. The highest BCUT2D eigenvalue weighted by Gasteiger charge is 2.16. The molecule has 0 saturated carbocycles. The van der Waals surface area contributed by atoms with Crippen LogP contribution in [0.1, 0.15) is 10.4 Å². The maximum absolute atomic E-state index is 12.8. The summed E-state index contributed by atoms with van der Waals surface area (Å²) in [6, 6.07) is 7.24. The van der Waals surface area contributed by atoms with E-state index >= 15 is 0 Å². The number of rotatable bonds is 4. The van der Waals surface area contributed by atoms with Crippen LogP contribution in [0.4, 0.5) is 10.1 Å². The molecule has 0 bridgehead atoms. The molecule has 0 saturated heterocycles. The van der Waals surface area contributed by atoms with Crippen molar-refractivity contribution < 1.29 is 14.0 Å². The number of anilines is 1. The number of carbonyl (C=O) groups excluding carboxylic acids is 2. The van der Waals surface area contributed by atoms with E-state index in [1.807, 2.05) is 0 Å². The number of amides is 2. The minimum Gasteiger partial charge on any atom is -0.332 e. The van der Waals surface area contributed by atoms with E-state index < -0.39 is 0 Å². The molecule has 0 unspecified atom stereocenters. The van der Waals surface area contributed by atoms with Crippen molar-refractivity contribution in [3.8, 4) is 0 Å². The number of carbonyl (C=O) groups is 2. The van der Waals surface area contributed by atoms with Crippen LogP contribution in [0.15, 0.2) is 35.7 Å². The number of hydrogen-bond donors (Lipinski definition) is 1. The Balaban J connectivity index is 1.92. The van der Waals surface area contributed by atoms with Crippen LogP contribution in [0.3, 0.4) is 0 Å². The lowest BCUT2D eigenvalue weighted by Crippen LogP contribution is -2.34. The molecule has 0 atom stereocenters. The number of likely N-dealkylation sites (N-methyl/N-ethyl adjacent to an activating group) is 1. The molecule has 110 valence electrons. The van der Waals surface area contributed by atoms with Crippen molar-refractivity contribution in [3.63, 3.8) is 0 Å². The molecule has 1 heterocycles. The van der Waals surface area contributed by atoms with Gasteiger partial charge in [-0.05, 0) is 52.9 Å². The van der Waals surface area contributed by atoms with Gasteiger partial charge >= 0.3 is 0 Å². The van der Waals surface area contributed by atoms with Gasteiger partial charge in [0.15, 0.2) is 0 Å². The first kappa shape index (κ1) is 15.9. The van der Waals surface area contributed by atoms with Crippen molar-refractivity contribution in [2.24, 2.45) is 0 Å². The van der Waals surface area contributed by atoms with Crippen molar-refractivity contribution in [3.05, 3.63) is 50.0 Å². The molecule has 4 nitrogen and oxygen atoms in total. The third-order valence-electron chi connectivity index (χ3n) is 2.67. The van der Waals surface area contributed by atoms with Crippen LogP contribution in [-0.4, -0.2) is 30.3 Å². The van der Waals surface area contributed by atoms with Crippen molar-refractivity contribution in [1.29, 1.82) is 0 Å². The molecule has 1 N–H and O–H groups in total. The summed E-state index contributed by atoms with van der Waals surface area (Å²) in [5.74, 6) is -0.904. The van der Waals surface area contributed by atoms with E-state index in [9.17, 15) is 14.0 Å². The lowest BCUT2D eigenvalue weighted by atomic mass is 10.3. The molecule has 2 amide bonds. The van der Waals surface area contributed by atoms with Crippen LogP contribution in [0.2, 0.25) is 0 Å². The Morgan fingerprint density at radius 1 is 1.33 bits per heavy atom. The zero-order valence-electron chi connectivity index (χ0n) is 11.1. The van der Waals surface area contributed by atoms with Crippen LogP contribution in [0, 0.1) is 8.70 Å². The molecule has 0 spiro atoms. The van der Waals surface area contributed by atoms with E-state index in [0.717, 1.165) is 2.88 Å². The molecule has 0 radical (unpaired) electrons. The Morgan fingerprint density at radius 2 is 2.00 bits per heavy atom. The predicted molar refractivity (Wildman–Crippen MR) is 89.0 cm³/mol. The topological polar surface area (TPSA) is 49.4 Å². The summed E-state index contributed by atoms with van der Waals surface area (Å²) in [5, 5.41) is 4.38. The first-order chi connectivity index (χ1) is 9.95. The van der Waals surface area contributed by atoms with E-state index in [-0.39, 0.29) is 24.2 Å². The first-order valence-electron chi connectivity index (χ1n) is 6.00. The minimum atomic E-state index is -0.368. The minimum absolute atomic E-state index is 0.0668. The SMILES string of the molecule is CN(CC(=O)Nc1ccc(F)cc1)C(=O)c1csc(I)c1. The number of hydrogen-bond acceptors (Lipinski definition) is 3. The lowest BCUT2D eigenvalue weighted by molar-refractivity contribution is -0.116. The van der Waals surface area contributed by atoms with Crippen molar-refractivity contribution >= 4 is 51.4 Å². The predicted octanol–water partition coefficient (Wildman–Crippen LogP) is 3.20. The fourth-order valence-corrected chi connectivity index (χ4v) is 2.98. The van der Waals surface area contributed by atoms with Crippen molar-refractivity contribution in [2.75, 3.05) is 18.9 Å². The summed E-state index contributed by atoms with van der Waals surface area (Å²) < 4.78 is 13.8. The van der Waals surface area contributed by atoms with E-state index in [1.54, 1.807) is 18.5 Å². The Hall–Kier alpha value is -1.48. The fourth-order valence-electron chi connectivity index (χ4n) is 1.66. The van der Waals surface area contributed by atoms with E-state index in [2.05, 4.69) is 27.9 Å². The summed E-state index contributed by atoms with van der Waals surface area (Å²) in [4.78, 5) is 25.3. The smallest absolute Gasteiger partial charge is 0.254 e. The van der Waals surface area contributed by atoms with Gasteiger partial charge in [0.2, 0.25) is 5.91 Å². The standard InChI is InChI=1S/C14H12FIN2O2S/c1-18(14(20)9-6-12(16)21-8-9)7-13(19)17-11-4-2-10(15)3-5-11/h2-6,8H,7H2,1H3,(H,17,19). The number of halogens is 2. The summed E-state index contributed by atoms with van der Waals surface area (Å²) in [6.07, 6.45) is 0. The van der Waals surface area contributed by atoms with Gasteiger partial charge in [-0.3, -0.25) is 9.59 Å². The largest absolute Gasteiger partial charge is 0.332 e. The number of thiophene rings is 1. The molecule has 2 rings (SSSR count). The maximum Gasteiger partial charge on any atom is 0.254 e. The van der Waals surface area contributed by atoms with Crippen molar-refractivity contribution in [1.82, 2.24) is 4.90 Å². The normalized spacial score (nSPS) is 10.2. The second-order valence-electron chi connectivity index (χ2n) is 4.36. The monoisotopic (exact) mass is 418 g/mol. The quantitative estimate of drug-likeness (QED) is 0.776. The van der Waals surface area contributed by atoms with Crippen LogP contribution in [-0.2, 0) is 4.79 Å². The number of nitrogens with zero attached hydrogens (tertiary/aromatic N) is 1. The summed E-state index contributed by atoms with van der Waals surface area (Å²) in [7, 11) is 1.57. The van der Waals surface area contributed by atoms with Gasteiger partial charge in [-0.25, -0.2) is 4.39 Å². The van der Waals surface area contributed by atoms with E-state index in [4.69, 9.17) is 0 Å². The average Bonchev–Trinajstić information content (AvgIpc) is 2.87. The lowest BCUT2D eigenvalue weighted by Gasteiger charge is -2.16. The summed E-state index contributed by atoms with van der Waals surface area (Å²) in [6.45, 7) is -0.0668. The van der Waals surface area contributed by atoms with Gasteiger partial charge in [0.05, 0.1) is 15.0 Å². The molecule has 0 aliphatic carbocycles. The number of benzene rings is 1. The van der Waals surface area contributed by atoms with Crippen LogP contribution >= 0.6 is 33.9 Å². The molecule has 0 aliphatic heterocycles. The van der Waals surface area contributed by atoms with Gasteiger partial charge in [-0.1, -0.05) is 0 Å². The summed E-state index contributed by atoms with van der Waals surface area (Å²) >= 11 is 3.61. The molecule has 2 aromatic rings. The zero-order valence-corrected chi connectivity index (χ0v) is 14.1. The van der Waals surface area contributed by atoms with Gasteiger partial charge in [0.25, 0.3) is 5.91 Å². The Labute approximate surface area is 139 Å². The molecule has 21 heavy (non-hydrogen) atoms. The molecule has 7 heteroatoms. The highest BCUT2D eigenvalue weighted by Crippen LogP contribution is 2.17. The highest BCUT2D eigenvalue weighted by atomic mass is 127. The fraction of sp³-hybridized carbons (Fsp3) is 0.143. The van der Waals surface area contributed by atoms with Crippen molar-refractivity contribution in [2.45, 2.75) is 0 Å². The van der Waals surface area contributed by atoms with Crippen LogP contribution < -0.4 is 5.32 Å². The van der Waals surface area contributed by atoms with Crippen LogP contribution in [0.25, 0.3) is 0 Å². The highest BCUT2D eigenvalue weighted by molar-refractivity contribution is 14.1. The molecule has 1 aromatic heterocycles. The first-order valence-corrected chi connectivity index (χ1v) is 7.96. The van der Waals surface area contributed by atoms with Gasteiger partial charge in [0, 0.05) is 18.1 Å². The molecule has 0 fully saturated rings. The molecular formula is C14H12FIN2O2S. The Morgan fingerprint density at radius 3 is 2.57 bits per heavy atom. The Kier molecular flexibility index (Phi) is 5.29. The third-order valence-corrected chi connectivity index (χ3v) is 4.46. The second kappa shape index (κ2) is 6.99. The average molecular weight is 418 g/mol. The summed E-state index contributed by atoms with van der Waals surface area (Å²) in [5.41, 5.74) is 1.06.